The van der Waals surface area contributed by atoms with E-state index in [0.29, 0.717) is 16.7 Å². The summed E-state index contributed by atoms with van der Waals surface area (Å²) in [6, 6.07) is 11.5. The molecule has 0 aliphatic carbocycles. The van der Waals surface area contributed by atoms with Crippen molar-refractivity contribution in [3.8, 4) is 0 Å². The van der Waals surface area contributed by atoms with Gasteiger partial charge in [-0.3, -0.25) is 4.79 Å². The van der Waals surface area contributed by atoms with E-state index in [-0.39, 0.29) is 17.8 Å². The average Bonchev–Trinajstić information content (AvgIpc) is 3.04. The standard InChI is InChI=1S/C19H17BrFN5OS/c1-10-3-8-15(14(20)9-10)22-18(27)17-16(12-4-6-13(21)7-5-12)25-26-11(2)23-24-19(26)28-17/h3-9,16-17,25H,1-2H3,(H,22,27). The van der Waals surface area contributed by atoms with Gasteiger partial charge in [-0.15, -0.1) is 10.2 Å². The number of halogens is 2. The molecule has 1 aromatic heterocycles. The number of hydrogen-bond donors (Lipinski definition) is 2. The third kappa shape index (κ3) is 3.64. The highest BCUT2D eigenvalue weighted by molar-refractivity contribution is 9.10. The number of rotatable bonds is 3. The van der Waals surface area contributed by atoms with Crippen molar-refractivity contribution in [2.24, 2.45) is 0 Å². The molecule has 0 saturated carbocycles. The lowest BCUT2D eigenvalue weighted by atomic mass is 10.0. The van der Waals surface area contributed by atoms with Crippen LogP contribution in [0.3, 0.4) is 0 Å². The SMILES string of the molecule is Cc1ccc(NC(=O)C2Sc3nnc(C)n3NC2c2ccc(F)cc2)c(Br)c1. The van der Waals surface area contributed by atoms with E-state index in [9.17, 15) is 9.18 Å². The van der Waals surface area contributed by atoms with Gasteiger partial charge >= 0.3 is 0 Å². The van der Waals surface area contributed by atoms with Crippen LogP contribution in [-0.4, -0.2) is 26.0 Å². The highest BCUT2D eigenvalue weighted by Gasteiger charge is 2.37. The second-order valence-electron chi connectivity index (χ2n) is 6.53. The number of thioether (sulfide) groups is 1. The fraction of sp³-hybridized carbons (Fsp3) is 0.211. The van der Waals surface area contributed by atoms with E-state index >= 15 is 0 Å². The lowest BCUT2D eigenvalue weighted by molar-refractivity contribution is -0.116. The maximum Gasteiger partial charge on any atom is 0.240 e. The van der Waals surface area contributed by atoms with Gasteiger partial charge in [-0.25, -0.2) is 9.07 Å². The molecule has 2 heterocycles. The summed E-state index contributed by atoms with van der Waals surface area (Å²) in [7, 11) is 0. The molecule has 1 aliphatic rings. The number of amides is 1. The van der Waals surface area contributed by atoms with Crippen LogP contribution in [0.2, 0.25) is 0 Å². The van der Waals surface area contributed by atoms with E-state index in [4.69, 9.17) is 0 Å². The van der Waals surface area contributed by atoms with Crippen LogP contribution in [0.25, 0.3) is 0 Å². The molecule has 6 nitrogen and oxygen atoms in total. The number of carbonyl (C=O) groups excluding carboxylic acids is 1. The van der Waals surface area contributed by atoms with Crippen molar-refractivity contribution in [3.05, 3.63) is 69.7 Å². The molecule has 2 atom stereocenters. The van der Waals surface area contributed by atoms with Gasteiger partial charge in [0, 0.05) is 4.47 Å². The van der Waals surface area contributed by atoms with Crippen LogP contribution >= 0.6 is 27.7 Å². The first-order chi connectivity index (χ1) is 13.4. The van der Waals surface area contributed by atoms with Crippen molar-refractivity contribution in [1.29, 1.82) is 0 Å². The first-order valence-corrected chi connectivity index (χ1v) is 10.3. The molecule has 1 aliphatic heterocycles. The summed E-state index contributed by atoms with van der Waals surface area (Å²) in [5.41, 5.74) is 5.88. The maximum atomic E-state index is 13.4. The average molecular weight is 462 g/mol. The Morgan fingerprint density at radius 1 is 1.21 bits per heavy atom. The first kappa shape index (κ1) is 18.9. The zero-order valence-corrected chi connectivity index (χ0v) is 17.5. The van der Waals surface area contributed by atoms with Crippen molar-refractivity contribution in [2.45, 2.75) is 30.3 Å². The summed E-state index contributed by atoms with van der Waals surface area (Å²) in [6.07, 6.45) is 0. The Kier molecular flexibility index (Phi) is 5.11. The van der Waals surface area contributed by atoms with Gasteiger partial charge < -0.3 is 10.7 Å². The zero-order chi connectivity index (χ0) is 19.8. The lowest BCUT2D eigenvalue weighted by Gasteiger charge is -2.32. The van der Waals surface area contributed by atoms with E-state index < -0.39 is 5.25 Å². The Bertz CT molecular complexity index is 1040. The smallest absolute Gasteiger partial charge is 0.240 e. The molecule has 1 amide bonds. The Morgan fingerprint density at radius 3 is 2.68 bits per heavy atom. The van der Waals surface area contributed by atoms with Gasteiger partial charge in [0.25, 0.3) is 0 Å². The molecule has 2 unspecified atom stereocenters. The molecule has 0 bridgehead atoms. The topological polar surface area (TPSA) is 71.8 Å². The molecular formula is C19H17BrFN5OS. The van der Waals surface area contributed by atoms with Crippen molar-refractivity contribution in [1.82, 2.24) is 14.9 Å². The summed E-state index contributed by atoms with van der Waals surface area (Å²) in [4.78, 5) is 13.1. The van der Waals surface area contributed by atoms with Crippen LogP contribution in [0, 0.1) is 19.7 Å². The second kappa shape index (κ2) is 7.56. The molecule has 28 heavy (non-hydrogen) atoms. The third-order valence-electron chi connectivity index (χ3n) is 4.47. The largest absolute Gasteiger partial charge is 0.324 e. The van der Waals surface area contributed by atoms with Gasteiger partial charge in [0.05, 0.1) is 11.7 Å². The first-order valence-electron chi connectivity index (χ1n) is 8.60. The maximum absolute atomic E-state index is 13.4. The van der Waals surface area contributed by atoms with Crippen LogP contribution in [0.4, 0.5) is 10.1 Å². The van der Waals surface area contributed by atoms with E-state index in [2.05, 4.69) is 36.9 Å². The third-order valence-corrected chi connectivity index (χ3v) is 6.34. The summed E-state index contributed by atoms with van der Waals surface area (Å²) < 4.78 is 16.0. The summed E-state index contributed by atoms with van der Waals surface area (Å²) in [5.74, 6) is 0.191. The number of benzene rings is 2. The Labute approximate surface area is 174 Å². The molecule has 9 heteroatoms. The van der Waals surface area contributed by atoms with Gasteiger partial charge in [0.15, 0.2) is 0 Å². The number of nitrogens with one attached hydrogen (secondary N) is 2. The molecule has 144 valence electrons. The monoisotopic (exact) mass is 461 g/mol. The summed E-state index contributed by atoms with van der Waals surface area (Å²) >= 11 is 4.82. The van der Waals surface area contributed by atoms with Crippen LogP contribution in [0.15, 0.2) is 52.1 Å². The quantitative estimate of drug-likeness (QED) is 0.611. The lowest BCUT2D eigenvalue weighted by Crippen LogP contribution is -2.41. The van der Waals surface area contributed by atoms with Crippen LogP contribution < -0.4 is 10.7 Å². The van der Waals surface area contributed by atoms with Crippen molar-refractivity contribution >= 4 is 39.3 Å². The fourth-order valence-corrected chi connectivity index (χ4v) is 4.72. The fourth-order valence-electron chi connectivity index (χ4n) is 3.01. The molecule has 0 fully saturated rings. The predicted octanol–water partition coefficient (Wildman–Crippen LogP) is 4.19. The number of fused-ring (bicyclic) bond motifs is 1. The van der Waals surface area contributed by atoms with Crippen molar-refractivity contribution in [2.75, 3.05) is 10.7 Å². The minimum atomic E-state index is -0.519. The number of anilines is 1. The van der Waals surface area contributed by atoms with Crippen molar-refractivity contribution in [3.63, 3.8) is 0 Å². The predicted molar refractivity (Wildman–Crippen MR) is 110 cm³/mol. The number of hydrogen-bond acceptors (Lipinski definition) is 5. The van der Waals surface area contributed by atoms with Crippen LogP contribution in [0.5, 0.6) is 0 Å². The molecule has 3 aromatic rings. The zero-order valence-electron chi connectivity index (χ0n) is 15.1. The number of aromatic nitrogens is 3. The van der Waals surface area contributed by atoms with Crippen LogP contribution in [0.1, 0.15) is 23.0 Å². The van der Waals surface area contributed by atoms with Crippen molar-refractivity contribution < 1.29 is 9.18 Å². The molecule has 0 radical (unpaired) electrons. The number of carbonyl (C=O) groups is 1. The Balaban J connectivity index is 1.67. The van der Waals surface area contributed by atoms with Gasteiger partial charge in [0.2, 0.25) is 11.1 Å². The minimum absolute atomic E-state index is 0.178. The Morgan fingerprint density at radius 2 is 1.96 bits per heavy atom. The number of nitrogens with zero attached hydrogens (tertiary/aromatic N) is 3. The Hall–Kier alpha value is -2.39. The van der Waals surface area contributed by atoms with Gasteiger partial charge in [-0.05, 0) is 65.2 Å². The van der Waals surface area contributed by atoms with E-state index in [1.807, 2.05) is 32.0 Å². The number of aryl methyl sites for hydroxylation is 2. The molecule has 0 spiro atoms. The molecule has 4 rings (SSSR count). The van der Waals surface area contributed by atoms with E-state index in [1.54, 1.807) is 16.8 Å². The highest BCUT2D eigenvalue weighted by Crippen LogP contribution is 2.38. The highest BCUT2D eigenvalue weighted by atomic mass is 79.9. The molecule has 2 N–H and O–H groups in total. The van der Waals surface area contributed by atoms with E-state index in [0.717, 1.165) is 15.6 Å². The molecule has 0 saturated heterocycles. The van der Waals surface area contributed by atoms with Crippen LogP contribution in [-0.2, 0) is 4.79 Å². The van der Waals surface area contributed by atoms with Gasteiger partial charge in [0.1, 0.15) is 16.9 Å². The summed E-state index contributed by atoms with van der Waals surface area (Å²) in [6.45, 7) is 3.81. The van der Waals surface area contributed by atoms with Gasteiger partial charge in [-0.2, -0.15) is 0 Å². The van der Waals surface area contributed by atoms with E-state index in [1.165, 1.54) is 23.9 Å². The van der Waals surface area contributed by atoms with Gasteiger partial charge in [-0.1, -0.05) is 30.0 Å². The molecule has 2 aromatic carbocycles. The second-order valence-corrected chi connectivity index (χ2v) is 8.50. The normalized spacial score (nSPS) is 18.3. The summed E-state index contributed by atoms with van der Waals surface area (Å²) in [5, 5.41) is 11.3. The minimum Gasteiger partial charge on any atom is -0.324 e. The molecular weight excluding hydrogens is 445 g/mol.